The minimum Gasteiger partial charge on any atom is -0.381 e. The van der Waals surface area contributed by atoms with Gasteiger partial charge in [0.15, 0.2) is 0 Å². The van der Waals surface area contributed by atoms with Gasteiger partial charge in [0.25, 0.3) is 5.91 Å². The molecule has 0 bridgehead atoms. The van der Waals surface area contributed by atoms with Crippen LogP contribution in [0.4, 0.5) is 24.5 Å². The first-order chi connectivity index (χ1) is 13.4. The number of nitrogens with zero attached hydrogens (tertiary/aromatic N) is 1. The Morgan fingerprint density at radius 2 is 2.04 bits per heavy atom. The van der Waals surface area contributed by atoms with E-state index in [-0.39, 0.29) is 18.1 Å². The maximum atomic E-state index is 13.1. The number of alkyl halides is 3. The molecule has 146 valence electrons. The molecule has 1 fully saturated rings. The van der Waals surface area contributed by atoms with Gasteiger partial charge in [-0.05, 0) is 48.7 Å². The van der Waals surface area contributed by atoms with Crippen LogP contribution in [0.1, 0.15) is 29.5 Å². The predicted octanol–water partition coefficient (Wildman–Crippen LogP) is 4.31. The third-order valence-electron chi connectivity index (χ3n) is 4.36. The van der Waals surface area contributed by atoms with E-state index in [1.54, 1.807) is 30.3 Å². The topological polar surface area (TPSA) is 74.2 Å². The normalized spacial score (nSPS) is 16.4. The fraction of sp³-hybridized carbons (Fsp3) is 0.300. The first-order valence-electron chi connectivity index (χ1n) is 8.73. The molecule has 2 aromatic rings. The second kappa shape index (κ2) is 8.31. The summed E-state index contributed by atoms with van der Waals surface area (Å²) in [6, 6.07) is 12.1. The third kappa shape index (κ3) is 4.81. The molecule has 1 atom stereocenters. The van der Waals surface area contributed by atoms with Crippen LogP contribution in [0, 0.1) is 11.3 Å². The van der Waals surface area contributed by atoms with Gasteiger partial charge in [0.1, 0.15) is 6.10 Å². The van der Waals surface area contributed by atoms with Crippen molar-refractivity contribution in [2.75, 3.05) is 17.2 Å². The first kappa shape index (κ1) is 19.7. The van der Waals surface area contributed by atoms with Gasteiger partial charge in [-0.2, -0.15) is 18.4 Å². The smallest absolute Gasteiger partial charge is 0.381 e. The highest BCUT2D eigenvalue weighted by atomic mass is 19.4. The lowest BCUT2D eigenvalue weighted by atomic mass is 10.1. The standard InChI is InChI=1S/C20H18F3N3O2/c21-20(22,23)17-10-15(7-6-14(17)11-24)25-12-13-3-1-4-16(9-13)26-19(27)18-5-2-8-28-18/h1,3-4,6-7,9-10,18,25H,2,5,8,12H2,(H,26,27). The maximum absolute atomic E-state index is 13.1. The molecule has 2 N–H and O–H groups in total. The first-order valence-corrected chi connectivity index (χ1v) is 8.73. The number of carbonyl (C=O) groups excluding carboxylic acids is 1. The molecule has 8 heteroatoms. The van der Waals surface area contributed by atoms with E-state index in [0.717, 1.165) is 24.1 Å². The van der Waals surface area contributed by atoms with Crippen molar-refractivity contribution < 1.29 is 22.7 Å². The van der Waals surface area contributed by atoms with Crippen LogP contribution in [0.15, 0.2) is 42.5 Å². The lowest BCUT2D eigenvalue weighted by Gasteiger charge is -2.13. The van der Waals surface area contributed by atoms with E-state index < -0.39 is 23.4 Å². The molecule has 3 rings (SSSR count). The average molecular weight is 389 g/mol. The van der Waals surface area contributed by atoms with Gasteiger partial charge in [-0.25, -0.2) is 0 Å². The highest BCUT2D eigenvalue weighted by Gasteiger charge is 2.33. The Labute approximate surface area is 160 Å². The Kier molecular flexibility index (Phi) is 5.85. The van der Waals surface area contributed by atoms with Gasteiger partial charge < -0.3 is 15.4 Å². The molecule has 2 aromatic carbocycles. The summed E-state index contributed by atoms with van der Waals surface area (Å²) in [5.74, 6) is -0.204. The number of carbonyl (C=O) groups is 1. The van der Waals surface area contributed by atoms with Gasteiger partial charge in [0, 0.05) is 24.5 Å². The van der Waals surface area contributed by atoms with Crippen molar-refractivity contribution in [1.82, 2.24) is 0 Å². The summed E-state index contributed by atoms with van der Waals surface area (Å²) in [5, 5.41) is 14.6. The molecule has 28 heavy (non-hydrogen) atoms. The molecule has 1 amide bonds. The molecule has 1 aliphatic rings. The zero-order valence-electron chi connectivity index (χ0n) is 14.8. The zero-order chi connectivity index (χ0) is 20.1. The third-order valence-corrected chi connectivity index (χ3v) is 4.36. The van der Waals surface area contributed by atoms with Crippen molar-refractivity contribution in [3.8, 4) is 6.07 Å². The van der Waals surface area contributed by atoms with Crippen LogP contribution < -0.4 is 10.6 Å². The molecule has 1 aliphatic heterocycles. The average Bonchev–Trinajstić information content (AvgIpc) is 3.21. The Balaban J connectivity index is 1.66. The summed E-state index contributed by atoms with van der Waals surface area (Å²) >= 11 is 0. The number of nitrogens with one attached hydrogen (secondary N) is 2. The van der Waals surface area contributed by atoms with Crippen LogP contribution >= 0.6 is 0 Å². The van der Waals surface area contributed by atoms with Crippen molar-refractivity contribution in [2.24, 2.45) is 0 Å². The molecule has 1 saturated heterocycles. The van der Waals surface area contributed by atoms with E-state index in [1.165, 1.54) is 6.07 Å². The number of ether oxygens (including phenoxy) is 1. The summed E-state index contributed by atoms with van der Waals surface area (Å²) < 4.78 is 44.5. The fourth-order valence-corrected chi connectivity index (χ4v) is 2.96. The zero-order valence-corrected chi connectivity index (χ0v) is 14.8. The molecule has 0 aliphatic carbocycles. The van der Waals surface area contributed by atoms with Crippen LogP contribution in [-0.2, 0) is 22.3 Å². The fourth-order valence-electron chi connectivity index (χ4n) is 2.96. The van der Waals surface area contributed by atoms with E-state index >= 15 is 0 Å². The second-order valence-electron chi connectivity index (χ2n) is 6.41. The second-order valence-corrected chi connectivity index (χ2v) is 6.41. The SMILES string of the molecule is N#Cc1ccc(NCc2cccc(NC(=O)C3CCCO3)c2)cc1C(F)(F)F. The van der Waals surface area contributed by atoms with Crippen LogP contribution in [0.25, 0.3) is 0 Å². The molecular weight excluding hydrogens is 371 g/mol. The van der Waals surface area contributed by atoms with E-state index in [1.807, 2.05) is 0 Å². The summed E-state index contributed by atoms with van der Waals surface area (Å²) in [6.07, 6.45) is -3.50. The van der Waals surface area contributed by atoms with E-state index in [0.29, 0.717) is 18.7 Å². The number of hydrogen-bond acceptors (Lipinski definition) is 4. The molecule has 0 aromatic heterocycles. The minimum absolute atomic E-state index is 0.204. The number of amides is 1. The predicted molar refractivity (Wildman–Crippen MR) is 97.5 cm³/mol. The molecule has 0 saturated carbocycles. The molecular formula is C20H18F3N3O2. The van der Waals surface area contributed by atoms with Gasteiger partial charge in [-0.1, -0.05) is 12.1 Å². The number of anilines is 2. The Bertz CT molecular complexity index is 900. The van der Waals surface area contributed by atoms with Crippen LogP contribution in [0.2, 0.25) is 0 Å². The quantitative estimate of drug-likeness (QED) is 0.799. The van der Waals surface area contributed by atoms with Crippen molar-refractivity contribution in [3.63, 3.8) is 0 Å². The van der Waals surface area contributed by atoms with E-state index in [9.17, 15) is 18.0 Å². The molecule has 5 nitrogen and oxygen atoms in total. The molecule has 0 spiro atoms. The Hall–Kier alpha value is -3.05. The highest BCUT2D eigenvalue weighted by molar-refractivity contribution is 5.94. The maximum Gasteiger partial charge on any atom is 0.417 e. The van der Waals surface area contributed by atoms with Crippen LogP contribution in [-0.4, -0.2) is 18.6 Å². The molecule has 1 heterocycles. The van der Waals surface area contributed by atoms with E-state index in [2.05, 4.69) is 10.6 Å². The number of benzene rings is 2. The number of halogens is 3. The van der Waals surface area contributed by atoms with Crippen LogP contribution in [0.3, 0.4) is 0 Å². The van der Waals surface area contributed by atoms with Crippen molar-refractivity contribution in [2.45, 2.75) is 31.7 Å². The van der Waals surface area contributed by atoms with Crippen LogP contribution in [0.5, 0.6) is 0 Å². The number of hydrogen-bond donors (Lipinski definition) is 2. The summed E-state index contributed by atoms with van der Waals surface area (Å²) in [7, 11) is 0. The van der Waals surface area contributed by atoms with E-state index in [4.69, 9.17) is 10.00 Å². The Morgan fingerprint density at radius 1 is 1.21 bits per heavy atom. The lowest BCUT2D eigenvalue weighted by molar-refractivity contribution is -0.137. The van der Waals surface area contributed by atoms with Gasteiger partial charge in [-0.3, -0.25) is 4.79 Å². The summed E-state index contributed by atoms with van der Waals surface area (Å²) in [4.78, 5) is 12.1. The van der Waals surface area contributed by atoms with Crippen molar-refractivity contribution >= 4 is 17.3 Å². The molecule has 0 radical (unpaired) electrons. The molecule has 1 unspecified atom stereocenters. The van der Waals surface area contributed by atoms with Gasteiger partial charge in [-0.15, -0.1) is 0 Å². The Morgan fingerprint density at radius 3 is 2.71 bits per heavy atom. The number of rotatable bonds is 5. The highest BCUT2D eigenvalue weighted by Crippen LogP contribution is 2.33. The van der Waals surface area contributed by atoms with Crippen molar-refractivity contribution in [1.29, 1.82) is 5.26 Å². The monoisotopic (exact) mass is 389 g/mol. The van der Waals surface area contributed by atoms with Crippen molar-refractivity contribution in [3.05, 3.63) is 59.2 Å². The van der Waals surface area contributed by atoms with Gasteiger partial charge in [0.2, 0.25) is 0 Å². The van der Waals surface area contributed by atoms with Gasteiger partial charge in [0.05, 0.1) is 17.2 Å². The number of nitriles is 1. The summed E-state index contributed by atoms with van der Waals surface area (Å²) in [5.41, 5.74) is 0.230. The minimum atomic E-state index is -4.60. The summed E-state index contributed by atoms with van der Waals surface area (Å²) in [6.45, 7) is 0.833. The lowest BCUT2D eigenvalue weighted by Crippen LogP contribution is -2.26. The largest absolute Gasteiger partial charge is 0.417 e. The van der Waals surface area contributed by atoms with Gasteiger partial charge >= 0.3 is 6.18 Å².